The molecule has 1 amide bonds. The number of amides is 1. The molecule has 18 heavy (non-hydrogen) atoms. The van der Waals surface area contributed by atoms with Crippen LogP contribution in [0, 0.1) is 0 Å². The highest BCUT2D eigenvalue weighted by Gasteiger charge is 2.13. The summed E-state index contributed by atoms with van der Waals surface area (Å²) in [4.78, 5) is 13.1. The number of hydrogen-bond donors (Lipinski definition) is 2. The Hall–Kier alpha value is -1.82. The fourth-order valence-electron chi connectivity index (χ4n) is 1.72. The largest absolute Gasteiger partial charge is 0.382 e. The molecule has 3 N–H and O–H groups in total. The third-order valence-corrected chi connectivity index (χ3v) is 3.58. The van der Waals surface area contributed by atoms with Gasteiger partial charge in [-0.1, -0.05) is 13.0 Å². The first kappa shape index (κ1) is 12.6. The highest BCUT2D eigenvalue weighted by atomic mass is 32.1. The summed E-state index contributed by atoms with van der Waals surface area (Å²) in [5.74, 6) is 0.367. The van der Waals surface area contributed by atoms with Crippen molar-refractivity contribution in [1.29, 1.82) is 0 Å². The van der Waals surface area contributed by atoms with E-state index in [0.29, 0.717) is 5.82 Å². The standard InChI is InChI=1S/C12H16N4OS/c1-2-9(10-4-3-7-18-10)14-12(17)8-16-6-5-11(13)15-16/h3-7,9H,2,8H2,1H3,(H2,13,15)(H,14,17). The van der Waals surface area contributed by atoms with E-state index >= 15 is 0 Å². The van der Waals surface area contributed by atoms with E-state index in [2.05, 4.69) is 17.3 Å². The second kappa shape index (κ2) is 5.68. The number of nitrogens with one attached hydrogen (secondary N) is 1. The van der Waals surface area contributed by atoms with Crippen LogP contribution >= 0.6 is 11.3 Å². The number of carbonyl (C=O) groups is 1. The first-order chi connectivity index (χ1) is 8.69. The smallest absolute Gasteiger partial charge is 0.242 e. The van der Waals surface area contributed by atoms with Crippen molar-refractivity contribution >= 4 is 23.1 Å². The van der Waals surface area contributed by atoms with E-state index in [0.717, 1.165) is 6.42 Å². The van der Waals surface area contributed by atoms with Crippen LogP contribution in [0.1, 0.15) is 24.3 Å². The number of aromatic nitrogens is 2. The lowest BCUT2D eigenvalue weighted by Crippen LogP contribution is -2.31. The third-order valence-electron chi connectivity index (χ3n) is 2.60. The predicted molar refractivity (Wildman–Crippen MR) is 72.1 cm³/mol. The van der Waals surface area contributed by atoms with Gasteiger partial charge in [0.2, 0.25) is 5.91 Å². The number of anilines is 1. The Morgan fingerprint density at radius 1 is 1.61 bits per heavy atom. The quantitative estimate of drug-likeness (QED) is 0.864. The number of nitrogens with zero attached hydrogens (tertiary/aromatic N) is 2. The predicted octanol–water partition coefficient (Wildman–Crippen LogP) is 1.79. The zero-order chi connectivity index (χ0) is 13.0. The average molecular weight is 264 g/mol. The summed E-state index contributed by atoms with van der Waals surface area (Å²) in [6.45, 7) is 2.25. The van der Waals surface area contributed by atoms with Crippen LogP contribution in [-0.4, -0.2) is 15.7 Å². The van der Waals surface area contributed by atoms with E-state index in [1.807, 2.05) is 17.5 Å². The molecule has 96 valence electrons. The second-order valence-electron chi connectivity index (χ2n) is 3.98. The van der Waals surface area contributed by atoms with E-state index in [1.54, 1.807) is 23.6 Å². The van der Waals surface area contributed by atoms with Gasteiger partial charge in [-0.05, 0) is 23.9 Å². The lowest BCUT2D eigenvalue weighted by atomic mass is 10.2. The summed E-state index contributed by atoms with van der Waals surface area (Å²) >= 11 is 1.65. The minimum Gasteiger partial charge on any atom is -0.382 e. The Balaban J connectivity index is 1.94. The molecule has 1 atom stereocenters. The first-order valence-corrected chi connectivity index (χ1v) is 6.68. The van der Waals surface area contributed by atoms with E-state index in [1.165, 1.54) is 9.56 Å². The molecule has 0 aliphatic carbocycles. The SMILES string of the molecule is CCC(NC(=O)Cn1ccc(N)n1)c1cccs1. The minimum atomic E-state index is -0.0571. The van der Waals surface area contributed by atoms with E-state index < -0.39 is 0 Å². The highest BCUT2D eigenvalue weighted by molar-refractivity contribution is 7.10. The molecule has 0 saturated carbocycles. The van der Waals surface area contributed by atoms with Crippen molar-refractivity contribution in [2.75, 3.05) is 5.73 Å². The number of nitrogen functional groups attached to an aromatic ring is 1. The molecule has 0 fully saturated rings. The Bertz CT molecular complexity index is 506. The van der Waals surface area contributed by atoms with Crippen molar-refractivity contribution < 1.29 is 4.79 Å². The molecule has 0 radical (unpaired) electrons. The van der Waals surface area contributed by atoms with Gasteiger partial charge in [-0.3, -0.25) is 9.48 Å². The van der Waals surface area contributed by atoms with Crippen molar-refractivity contribution in [3.63, 3.8) is 0 Å². The van der Waals surface area contributed by atoms with Gasteiger partial charge in [-0.15, -0.1) is 11.3 Å². The molecule has 0 aliphatic rings. The molecule has 5 nitrogen and oxygen atoms in total. The van der Waals surface area contributed by atoms with E-state index in [-0.39, 0.29) is 18.5 Å². The van der Waals surface area contributed by atoms with Crippen molar-refractivity contribution in [2.24, 2.45) is 0 Å². The highest BCUT2D eigenvalue weighted by Crippen LogP contribution is 2.21. The molecule has 2 aromatic rings. The van der Waals surface area contributed by atoms with Crippen LogP contribution < -0.4 is 11.1 Å². The van der Waals surface area contributed by atoms with Gasteiger partial charge in [0.05, 0.1) is 6.04 Å². The number of thiophene rings is 1. The topological polar surface area (TPSA) is 72.9 Å². The molecule has 0 aromatic carbocycles. The Labute approximate surface area is 110 Å². The summed E-state index contributed by atoms with van der Waals surface area (Å²) in [5.41, 5.74) is 5.50. The molecule has 0 saturated heterocycles. The minimum absolute atomic E-state index is 0.0571. The van der Waals surface area contributed by atoms with Crippen molar-refractivity contribution in [3.8, 4) is 0 Å². The summed E-state index contributed by atoms with van der Waals surface area (Å²) in [6.07, 6.45) is 2.56. The van der Waals surface area contributed by atoms with Crippen LogP contribution in [0.3, 0.4) is 0 Å². The summed E-state index contributed by atoms with van der Waals surface area (Å²) < 4.78 is 1.53. The molecular formula is C12H16N4OS. The Morgan fingerprint density at radius 3 is 3.00 bits per heavy atom. The van der Waals surface area contributed by atoms with Crippen LogP contribution in [0.15, 0.2) is 29.8 Å². The normalized spacial score (nSPS) is 12.3. The molecule has 0 aliphatic heterocycles. The van der Waals surface area contributed by atoms with Gasteiger partial charge >= 0.3 is 0 Å². The number of rotatable bonds is 5. The zero-order valence-electron chi connectivity index (χ0n) is 10.2. The fourth-order valence-corrected chi connectivity index (χ4v) is 2.58. The van der Waals surface area contributed by atoms with Gasteiger partial charge in [0, 0.05) is 11.1 Å². The zero-order valence-corrected chi connectivity index (χ0v) is 11.0. The van der Waals surface area contributed by atoms with Gasteiger partial charge in [0.25, 0.3) is 0 Å². The fraction of sp³-hybridized carbons (Fsp3) is 0.333. The number of carbonyl (C=O) groups excluding carboxylic acids is 1. The molecule has 2 rings (SSSR count). The number of hydrogen-bond acceptors (Lipinski definition) is 4. The van der Waals surface area contributed by atoms with Gasteiger partial charge in [-0.2, -0.15) is 5.10 Å². The average Bonchev–Trinajstić information content (AvgIpc) is 2.98. The summed E-state index contributed by atoms with van der Waals surface area (Å²) in [6, 6.07) is 5.77. The van der Waals surface area contributed by atoms with Crippen molar-refractivity contribution in [2.45, 2.75) is 25.9 Å². The molecule has 0 spiro atoms. The van der Waals surface area contributed by atoms with Crippen LogP contribution in [0.25, 0.3) is 0 Å². The van der Waals surface area contributed by atoms with E-state index in [4.69, 9.17) is 5.73 Å². The van der Waals surface area contributed by atoms with Crippen LogP contribution in [0.5, 0.6) is 0 Å². The molecule has 6 heteroatoms. The van der Waals surface area contributed by atoms with Crippen molar-refractivity contribution in [3.05, 3.63) is 34.7 Å². The van der Waals surface area contributed by atoms with Gasteiger partial charge < -0.3 is 11.1 Å². The third kappa shape index (κ3) is 3.10. The Kier molecular flexibility index (Phi) is 3.99. The molecule has 2 heterocycles. The molecule has 0 bridgehead atoms. The van der Waals surface area contributed by atoms with Crippen molar-refractivity contribution in [1.82, 2.24) is 15.1 Å². The lowest BCUT2D eigenvalue weighted by Gasteiger charge is -2.15. The maximum atomic E-state index is 11.9. The van der Waals surface area contributed by atoms with E-state index in [9.17, 15) is 4.79 Å². The van der Waals surface area contributed by atoms with Crippen LogP contribution in [-0.2, 0) is 11.3 Å². The van der Waals surface area contributed by atoms with Crippen LogP contribution in [0.4, 0.5) is 5.82 Å². The number of nitrogens with two attached hydrogens (primary N) is 1. The maximum Gasteiger partial charge on any atom is 0.242 e. The molecule has 1 unspecified atom stereocenters. The first-order valence-electron chi connectivity index (χ1n) is 5.80. The second-order valence-corrected chi connectivity index (χ2v) is 4.96. The summed E-state index contributed by atoms with van der Waals surface area (Å²) in [5, 5.41) is 8.99. The molecule has 2 aromatic heterocycles. The maximum absolute atomic E-state index is 11.9. The van der Waals surface area contributed by atoms with Gasteiger partial charge in [-0.25, -0.2) is 0 Å². The summed E-state index contributed by atoms with van der Waals surface area (Å²) in [7, 11) is 0. The Morgan fingerprint density at radius 2 is 2.44 bits per heavy atom. The monoisotopic (exact) mass is 264 g/mol. The van der Waals surface area contributed by atoms with Gasteiger partial charge in [0.15, 0.2) is 0 Å². The molecular weight excluding hydrogens is 248 g/mol. The lowest BCUT2D eigenvalue weighted by molar-refractivity contribution is -0.122. The van der Waals surface area contributed by atoms with Crippen LogP contribution in [0.2, 0.25) is 0 Å². The van der Waals surface area contributed by atoms with Gasteiger partial charge in [0.1, 0.15) is 12.4 Å².